The monoisotopic (exact) mass is 314 g/mol. The summed E-state index contributed by atoms with van der Waals surface area (Å²) in [5.74, 6) is -0.417. The van der Waals surface area contributed by atoms with E-state index in [4.69, 9.17) is 18.0 Å². The maximum Gasteiger partial charge on any atom is 0.270 e. The van der Waals surface area contributed by atoms with Crippen LogP contribution in [-0.4, -0.2) is 21.8 Å². The Morgan fingerprint density at radius 2 is 1.68 bits per heavy atom. The van der Waals surface area contributed by atoms with Crippen molar-refractivity contribution in [3.63, 3.8) is 0 Å². The molecule has 3 N–H and O–H groups in total. The standard InChI is InChI=1S/C15H14N4O2S/c1-10(20)11-2-4-13(5-3-11)19(15(16)22)18-14(21)12-6-8-17-9-7-12/h2-9H,1H3,(H2,16,22)(H,18,21). The number of carbonyl (C=O) groups excluding carboxylic acids is 2. The fraction of sp³-hybridized carbons (Fsp3) is 0.0667. The van der Waals surface area contributed by atoms with Gasteiger partial charge in [0.2, 0.25) is 0 Å². The van der Waals surface area contributed by atoms with E-state index < -0.39 is 0 Å². The lowest BCUT2D eigenvalue weighted by Crippen LogP contribution is -2.49. The molecule has 22 heavy (non-hydrogen) atoms. The first-order chi connectivity index (χ1) is 10.5. The summed E-state index contributed by atoms with van der Waals surface area (Å²) >= 11 is 4.96. The molecule has 1 heterocycles. The number of nitrogens with two attached hydrogens (primary N) is 1. The van der Waals surface area contributed by atoms with E-state index in [9.17, 15) is 9.59 Å². The van der Waals surface area contributed by atoms with Crippen molar-refractivity contribution in [2.75, 3.05) is 5.01 Å². The predicted octanol–water partition coefficient (Wildman–Crippen LogP) is 1.68. The molecule has 0 saturated carbocycles. The molecule has 1 amide bonds. The summed E-state index contributed by atoms with van der Waals surface area (Å²) in [5, 5.41) is 1.26. The highest BCUT2D eigenvalue weighted by atomic mass is 32.1. The first-order valence-electron chi connectivity index (χ1n) is 6.40. The van der Waals surface area contributed by atoms with Crippen LogP contribution in [0.25, 0.3) is 0 Å². The summed E-state index contributed by atoms with van der Waals surface area (Å²) < 4.78 is 0. The van der Waals surface area contributed by atoms with E-state index in [2.05, 4.69) is 10.4 Å². The first kappa shape index (κ1) is 15.6. The SMILES string of the molecule is CC(=O)c1ccc(N(NC(=O)c2ccncc2)C(N)=S)cc1. The number of amides is 1. The van der Waals surface area contributed by atoms with E-state index in [0.29, 0.717) is 16.8 Å². The molecule has 0 spiro atoms. The van der Waals surface area contributed by atoms with Gasteiger partial charge in [-0.15, -0.1) is 0 Å². The number of anilines is 1. The average molecular weight is 314 g/mol. The van der Waals surface area contributed by atoms with Crippen LogP contribution in [0.3, 0.4) is 0 Å². The summed E-state index contributed by atoms with van der Waals surface area (Å²) in [6, 6.07) is 9.74. The Morgan fingerprint density at radius 1 is 1.09 bits per heavy atom. The Morgan fingerprint density at radius 3 is 2.18 bits per heavy atom. The normalized spacial score (nSPS) is 9.86. The number of pyridine rings is 1. The summed E-state index contributed by atoms with van der Waals surface area (Å²) in [4.78, 5) is 27.3. The van der Waals surface area contributed by atoms with Crippen molar-refractivity contribution >= 4 is 34.7 Å². The molecule has 0 unspecified atom stereocenters. The van der Waals surface area contributed by atoms with Crippen molar-refractivity contribution in [1.29, 1.82) is 0 Å². The van der Waals surface area contributed by atoms with Gasteiger partial charge in [0, 0.05) is 23.5 Å². The van der Waals surface area contributed by atoms with Crippen LogP contribution >= 0.6 is 12.2 Å². The van der Waals surface area contributed by atoms with Crippen LogP contribution < -0.4 is 16.2 Å². The van der Waals surface area contributed by atoms with Crippen LogP contribution in [0.1, 0.15) is 27.6 Å². The van der Waals surface area contributed by atoms with Gasteiger partial charge in [0.05, 0.1) is 5.69 Å². The van der Waals surface area contributed by atoms with Crippen molar-refractivity contribution in [3.8, 4) is 0 Å². The molecular weight excluding hydrogens is 300 g/mol. The number of thiocarbonyl (C=S) groups is 1. The maximum atomic E-state index is 12.2. The second kappa shape index (κ2) is 6.77. The number of carbonyl (C=O) groups is 2. The van der Waals surface area contributed by atoms with E-state index >= 15 is 0 Å². The Labute approximate surface area is 132 Å². The van der Waals surface area contributed by atoms with Crippen molar-refractivity contribution in [3.05, 3.63) is 59.9 Å². The zero-order valence-corrected chi connectivity index (χ0v) is 12.6. The van der Waals surface area contributed by atoms with Gasteiger partial charge in [0.1, 0.15) is 0 Å². The highest BCUT2D eigenvalue weighted by Crippen LogP contribution is 2.14. The molecule has 0 bridgehead atoms. The number of aromatic nitrogens is 1. The predicted molar refractivity (Wildman–Crippen MR) is 87.4 cm³/mol. The molecule has 0 aliphatic heterocycles. The first-order valence-corrected chi connectivity index (χ1v) is 6.81. The summed E-state index contributed by atoms with van der Waals surface area (Å²) in [6.45, 7) is 1.48. The second-order valence-corrected chi connectivity index (χ2v) is 4.87. The molecule has 0 fully saturated rings. The molecule has 2 aromatic rings. The number of hydrazine groups is 1. The molecule has 112 valence electrons. The number of hydrogen-bond acceptors (Lipinski definition) is 4. The fourth-order valence-corrected chi connectivity index (χ4v) is 1.91. The van der Waals surface area contributed by atoms with Gasteiger partial charge < -0.3 is 5.73 Å². The number of nitrogens with one attached hydrogen (secondary N) is 1. The molecule has 1 aromatic heterocycles. The highest BCUT2D eigenvalue weighted by molar-refractivity contribution is 7.80. The van der Waals surface area contributed by atoms with Gasteiger partial charge in [-0.1, -0.05) is 0 Å². The van der Waals surface area contributed by atoms with E-state index in [1.54, 1.807) is 36.4 Å². The van der Waals surface area contributed by atoms with Gasteiger partial charge in [-0.05, 0) is 55.5 Å². The Bertz CT molecular complexity index is 701. The molecule has 0 atom stereocenters. The van der Waals surface area contributed by atoms with Crippen LogP contribution in [0.2, 0.25) is 0 Å². The summed E-state index contributed by atoms with van der Waals surface area (Å²) in [6.07, 6.45) is 3.03. The van der Waals surface area contributed by atoms with Gasteiger partial charge in [-0.3, -0.25) is 20.0 Å². The third-order valence-corrected chi connectivity index (χ3v) is 3.09. The largest absolute Gasteiger partial charge is 0.374 e. The molecule has 7 heteroatoms. The third kappa shape index (κ3) is 3.64. The average Bonchev–Trinajstić information content (AvgIpc) is 2.53. The lowest BCUT2D eigenvalue weighted by molar-refractivity contribution is 0.0953. The molecule has 1 aromatic carbocycles. The number of ketones is 1. The van der Waals surface area contributed by atoms with Gasteiger partial charge in [-0.2, -0.15) is 0 Å². The minimum Gasteiger partial charge on any atom is -0.374 e. The quantitative estimate of drug-likeness (QED) is 0.509. The lowest BCUT2D eigenvalue weighted by atomic mass is 10.1. The molecule has 0 radical (unpaired) electrons. The second-order valence-electron chi connectivity index (χ2n) is 4.45. The van der Waals surface area contributed by atoms with Crippen molar-refractivity contribution in [1.82, 2.24) is 10.4 Å². The maximum absolute atomic E-state index is 12.2. The molecule has 0 aliphatic rings. The van der Waals surface area contributed by atoms with Gasteiger partial charge in [-0.25, -0.2) is 5.01 Å². The zero-order chi connectivity index (χ0) is 16.1. The third-order valence-electron chi connectivity index (χ3n) is 2.91. The molecule has 0 aliphatic carbocycles. The van der Waals surface area contributed by atoms with E-state index in [1.165, 1.54) is 24.3 Å². The number of Topliss-reactive ketones (excluding diaryl/α,β-unsaturated/α-hetero) is 1. The molecule has 0 saturated heterocycles. The number of nitrogens with zero attached hydrogens (tertiary/aromatic N) is 2. The minimum atomic E-state index is -0.370. The minimum absolute atomic E-state index is 0.0158. The van der Waals surface area contributed by atoms with Crippen LogP contribution in [0, 0.1) is 0 Å². The van der Waals surface area contributed by atoms with E-state index in [1.807, 2.05) is 0 Å². The zero-order valence-electron chi connectivity index (χ0n) is 11.8. The number of hydrogen-bond donors (Lipinski definition) is 2. The van der Waals surface area contributed by atoms with Gasteiger partial charge in [0.25, 0.3) is 5.91 Å². The number of benzene rings is 1. The fourth-order valence-electron chi connectivity index (χ4n) is 1.76. The van der Waals surface area contributed by atoms with Crippen molar-refractivity contribution in [2.45, 2.75) is 6.92 Å². The van der Waals surface area contributed by atoms with Crippen LogP contribution in [-0.2, 0) is 0 Å². The molecular formula is C15H14N4O2S. The van der Waals surface area contributed by atoms with Gasteiger partial charge >= 0.3 is 0 Å². The van der Waals surface area contributed by atoms with Crippen LogP contribution in [0.5, 0.6) is 0 Å². The topological polar surface area (TPSA) is 88.3 Å². The smallest absolute Gasteiger partial charge is 0.270 e. The Balaban J connectivity index is 2.22. The number of rotatable bonds is 3. The van der Waals surface area contributed by atoms with Gasteiger partial charge in [0.15, 0.2) is 10.9 Å². The Hall–Kier alpha value is -2.80. The van der Waals surface area contributed by atoms with E-state index in [-0.39, 0.29) is 16.8 Å². The van der Waals surface area contributed by atoms with Crippen molar-refractivity contribution in [2.24, 2.45) is 5.73 Å². The van der Waals surface area contributed by atoms with Crippen LogP contribution in [0.4, 0.5) is 5.69 Å². The summed E-state index contributed by atoms with van der Waals surface area (Å²) in [7, 11) is 0. The lowest BCUT2D eigenvalue weighted by Gasteiger charge is -2.23. The highest BCUT2D eigenvalue weighted by Gasteiger charge is 2.14. The molecule has 6 nitrogen and oxygen atoms in total. The summed E-state index contributed by atoms with van der Waals surface area (Å²) in [5.41, 5.74) is 9.81. The van der Waals surface area contributed by atoms with Crippen LogP contribution in [0.15, 0.2) is 48.8 Å². The molecule has 2 rings (SSSR count). The van der Waals surface area contributed by atoms with E-state index in [0.717, 1.165) is 0 Å². The van der Waals surface area contributed by atoms with Crippen molar-refractivity contribution < 1.29 is 9.59 Å². The Kier molecular flexibility index (Phi) is 4.80.